The highest BCUT2D eigenvalue weighted by Gasteiger charge is 2.37. The van der Waals surface area contributed by atoms with Gasteiger partial charge in [-0.2, -0.15) is 0 Å². The van der Waals surface area contributed by atoms with Crippen LogP contribution in [-0.4, -0.2) is 47.7 Å². The molecule has 0 aromatic carbocycles. The molecule has 2 N–H and O–H groups in total. The summed E-state index contributed by atoms with van der Waals surface area (Å²) in [6.07, 6.45) is 9.20. The lowest BCUT2D eigenvalue weighted by molar-refractivity contribution is -0.123. The molecule has 3 unspecified atom stereocenters. The summed E-state index contributed by atoms with van der Waals surface area (Å²) in [6.45, 7) is 2.41. The summed E-state index contributed by atoms with van der Waals surface area (Å²) in [5.74, 6) is 1.31. The lowest BCUT2D eigenvalue weighted by atomic mass is 9.80. The van der Waals surface area contributed by atoms with E-state index in [2.05, 4.69) is 10.2 Å². The van der Waals surface area contributed by atoms with Crippen LogP contribution in [0.1, 0.15) is 51.4 Å². The van der Waals surface area contributed by atoms with Crippen LogP contribution in [0.25, 0.3) is 0 Å². The van der Waals surface area contributed by atoms with Gasteiger partial charge >= 0.3 is 0 Å². The molecule has 1 amide bonds. The summed E-state index contributed by atoms with van der Waals surface area (Å²) in [7, 11) is 0. The Morgan fingerprint density at radius 3 is 2.65 bits per heavy atom. The molecule has 3 atom stereocenters. The number of rotatable bonds is 5. The zero-order chi connectivity index (χ0) is 13.9. The molecule has 0 spiro atoms. The van der Waals surface area contributed by atoms with E-state index in [0.717, 1.165) is 44.7 Å². The Bertz CT molecular complexity index is 343. The number of nitrogens with one attached hydrogen (secondary N) is 1. The molecule has 0 radical (unpaired) electrons. The minimum atomic E-state index is -0.149. The van der Waals surface area contributed by atoms with Crippen molar-refractivity contribution in [2.45, 2.75) is 63.5 Å². The molecule has 1 heterocycles. The van der Waals surface area contributed by atoms with Gasteiger partial charge < -0.3 is 10.4 Å². The SMILES string of the molecule is O=C(CN1CCCC1C1CCCCC1O)NCC1CC1. The summed E-state index contributed by atoms with van der Waals surface area (Å²) in [4.78, 5) is 14.3. The van der Waals surface area contributed by atoms with Crippen LogP contribution in [0.15, 0.2) is 0 Å². The second kappa shape index (κ2) is 6.44. The van der Waals surface area contributed by atoms with Crippen molar-refractivity contribution in [2.75, 3.05) is 19.6 Å². The number of hydrogen-bond donors (Lipinski definition) is 2. The first-order valence-electron chi connectivity index (χ1n) is 8.43. The van der Waals surface area contributed by atoms with Gasteiger partial charge in [0.1, 0.15) is 0 Å². The number of aliphatic hydroxyl groups excluding tert-OH is 1. The zero-order valence-corrected chi connectivity index (χ0v) is 12.4. The van der Waals surface area contributed by atoms with Crippen LogP contribution < -0.4 is 5.32 Å². The maximum Gasteiger partial charge on any atom is 0.234 e. The van der Waals surface area contributed by atoms with E-state index in [1.807, 2.05) is 0 Å². The smallest absolute Gasteiger partial charge is 0.234 e. The number of hydrogen-bond acceptors (Lipinski definition) is 3. The Balaban J connectivity index is 1.50. The summed E-state index contributed by atoms with van der Waals surface area (Å²) < 4.78 is 0. The van der Waals surface area contributed by atoms with Crippen LogP contribution >= 0.6 is 0 Å². The normalized spacial score (nSPS) is 35.1. The largest absolute Gasteiger partial charge is 0.393 e. The van der Waals surface area contributed by atoms with Crippen LogP contribution in [0.2, 0.25) is 0 Å². The summed E-state index contributed by atoms with van der Waals surface area (Å²) in [6, 6.07) is 0.428. The maximum atomic E-state index is 12.0. The Hall–Kier alpha value is -0.610. The highest BCUT2D eigenvalue weighted by Crippen LogP contribution is 2.34. The lowest BCUT2D eigenvalue weighted by Crippen LogP contribution is -2.46. The van der Waals surface area contributed by atoms with Crippen molar-refractivity contribution in [3.05, 3.63) is 0 Å². The van der Waals surface area contributed by atoms with Crippen molar-refractivity contribution < 1.29 is 9.90 Å². The monoisotopic (exact) mass is 280 g/mol. The van der Waals surface area contributed by atoms with Crippen LogP contribution in [0.4, 0.5) is 0 Å². The predicted octanol–water partition coefficient (Wildman–Crippen LogP) is 1.53. The molecule has 3 rings (SSSR count). The third-order valence-electron chi connectivity index (χ3n) is 5.32. The summed E-state index contributed by atoms with van der Waals surface area (Å²) in [5.41, 5.74) is 0. The van der Waals surface area contributed by atoms with Gasteiger partial charge in [0.25, 0.3) is 0 Å². The van der Waals surface area contributed by atoms with Gasteiger partial charge in [-0.1, -0.05) is 12.8 Å². The molecule has 3 fully saturated rings. The number of likely N-dealkylation sites (tertiary alicyclic amines) is 1. The maximum absolute atomic E-state index is 12.0. The number of carbonyl (C=O) groups excluding carboxylic acids is 1. The van der Waals surface area contributed by atoms with E-state index in [1.165, 1.54) is 25.7 Å². The van der Waals surface area contributed by atoms with E-state index in [9.17, 15) is 9.90 Å². The van der Waals surface area contributed by atoms with Crippen LogP contribution in [-0.2, 0) is 4.79 Å². The third-order valence-corrected chi connectivity index (χ3v) is 5.32. The van der Waals surface area contributed by atoms with Crippen molar-refractivity contribution in [3.63, 3.8) is 0 Å². The van der Waals surface area contributed by atoms with Crippen molar-refractivity contribution in [2.24, 2.45) is 11.8 Å². The predicted molar refractivity (Wildman–Crippen MR) is 78.3 cm³/mol. The summed E-state index contributed by atoms with van der Waals surface area (Å²) >= 11 is 0. The second-order valence-corrected chi connectivity index (χ2v) is 6.94. The molecule has 2 saturated carbocycles. The van der Waals surface area contributed by atoms with Crippen LogP contribution in [0, 0.1) is 11.8 Å². The highest BCUT2D eigenvalue weighted by atomic mass is 16.3. The van der Waals surface area contributed by atoms with E-state index < -0.39 is 0 Å². The van der Waals surface area contributed by atoms with Gasteiger partial charge in [0.2, 0.25) is 5.91 Å². The number of amides is 1. The first-order chi connectivity index (χ1) is 9.74. The van der Waals surface area contributed by atoms with Gasteiger partial charge in [-0.25, -0.2) is 0 Å². The van der Waals surface area contributed by atoms with E-state index in [1.54, 1.807) is 0 Å². The quantitative estimate of drug-likeness (QED) is 0.803. The van der Waals surface area contributed by atoms with E-state index in [-0.39, 0.29) is 12.0 Å². The first kappa shape index (κ1) is 14.3. The van der Waals surface area contributed by atoms with Gasteiger partial charge in [0.15, 0.2) is 0 Å². The van der Waals surface area contributed by atoms with E-state index in [4.69, 9.17) is 0 Å². The third kappa shape index (κ3) is 3.53. The molecule has 1 saturated heterocycles. The first-order valence-corrected chi connectivity index (χ1v) is 8.43. The van der Waals surface area contributed by atoms with Gasteiger partial charge in [0, 0.05) is 18.5 Å². The average molecular weight is 280 g/mol. The molecule has 114 valence electrons. The average Bonchev–Trinajstić information content (AvgIpc) is 3.17. The number of nitrogens with zero attached hydrogens (tertiary/aromatic N) is 1. The molecular weight excluding hydrogens is 252 g/mol. The second-order valence-electron chi connectivity index (χ2n) is 6.94. The number of carbonyl (C=O) groups is 1. The molecule has 3 aliphatic rings. The van der Waals surface area contributed by atoms with Crippen LogP contribution in [0.5, 0.6) is 0 Å². The van der Waals surface area contributed by atoms with Crippen molar-refractivity contribution in [1.82, 2.24) is 10.2 Å². The zero-order valence-electron chi connectivity index (χ0n) is 12.4. The minimum Gasteiger partial charge on any atom is -0.393 e. The molecular formula is C16H28N2O2. The van der Waals surface area contributed by atoms with Crippen LogP contribution in [0.3, 0.4) is 0 Å². The molecule has 1 aliphatic heterocycles. The fraction of sp³-hybridized carbons (Fsp3) is 0.938. The Kier molecular flexibility index (Phi) is 4.61. The van der Waals surface area contributed by atoms with Crippen molar-refractivity contribution >= 4 is 5.91 Å². The van der Waals surface area contributed by atoms with E-state index >= 15 is 0 Å². The highest BCUT2D eigenvalue weighted by molar-refractivity contribution is 5.78. The molecule has 4 nitrogen and oxygen atoms in total. The van der Waals surface area contributed by atoms with Crippen molar-refractivity contribution in [1.29, 1.82) is 0 Å². The fourth-order valence-electron chi connectivity index (χ4n) is 3.94. The van der Waals surface area contributed by atoms with E-state index in [0.29, 0.717) is 18.5 Å². The topological polar surface area (TPSA) is 52.6 Å². The Labute approximate surface area is 121 Å². The van der Waals surface area contributed by atoms with Crippen molar-refractivity contribution in [3.8, 4) is 0 Å². The molecule has 0 bridgehead atoms. The molecule has 4 heteroatoms. The summed E-state index contributed by atoms with van der Waals surface area (Å²) in [5, 5.41) is 13.3. The standard InChI is InChI=1S/C16H28N2O2/c19-15-6-2-1-4-13(15)14-5-3-9-18(14)11-16(20)17-10-12-7-8-12/h12-15,19H,1-11H2,(H,17,20). The minimum absolute atomic E-state index is 0.149. The lowest BCUT2D eigenvalue weighted by Gasteiger charge is -2.37. The Morgan fingerprint density at radius 1 is 1.10 bits per heavy atom. The van der Waals surface area contributed by atoms with Gasteiger partial charge in [-0.3, -0.25) is 9.69 Å². The Morgan fingerprint density at radius 2 is 1.90 bits per heavy atom. The van der Waals surface area contributed by atoms with Gasteiger partial charge in [-0.05, 0) is 51.0 Å². The van der Waals surface area contributed by atoms with Gasteiger partial charge in [0.05, 0.1) is 12.6 Å². The molecule has 0 aromatic rings. The van der Waals surface area contributed by atoms with Gasteiger partial charge in [-0.15, -0.1) is 0 Å². The number of aliphatic hydroxyl groups is 1. The molecule has 0 aromatic heterocycles. The molecule has 20 heavy (non-hydrogen) atoms. The fourth-order valence-corrected chi connectivity index (χ4v) is 3.94. The molecule has 2 aliphatic carbocycles.